The molecule has 4 heteroatoms. The minimum absolute atomic E-state index is 0.105. The van der Waals surface area contributed by atoms with Gasteiger partial charge in [0, 0.05) is 11.5 Å². The monoisotopic (exact) mass is 282 g/mol. The van der Waals surface area contributed by atoms with E-state index in [-0.39, 0.29) is 18.3 Å². The van der Waals surface area contributed by atoms with Crippen LogP contribution in [0.15, 0.2) is 48.5 Å². The molecule has 0 spiro atoms. The highest BCUT2D eigenvalue weighted by atomic mass is 16.5. The number of hydrogen-bond donors (Lipinski definition) is 0. The van der Waals surface area contributed by atoms with E-state index in [9.17, 15) is 9.59 Å². The van der Waals surface area contributed by atoms with Crippen LogP contribution in [-0.2, 0) is 9.53 Å². The summed E-state index contributed by atoms with van der Waals surface area (Å²) in [6.45, 7) is 0. The topological polar surface area (TPSA) is 52.6 Å². The van der Waals surface area contributed by atoms with Crippen LogP contribution in [0, 0.1) is 0 Å². The summed E-state index contributed by atoms with van der Waals surface area (Å²) in [7, 11) is 1.34. The van der Waals surface area contributed by atoms with Gasteiger partial charge in [0.2, 0.25) is 0 Å². The van der Waals surface area contributed by atoms with Crippen LogP contribution in [0.2, 0.25) is 0 Å². The first-order valence-electron chi connectivity index (χ1n) is 6.67. The fraction of sp³-hybridized carbons (Fsp3) is 0.176. The Balaban J connectivity index is 2.09. The zero-order valence-electron chi connectivity index (χ0n) is 11.5. The summed E-state index contributed by atoms with van der Waals surface area (Å²) in [5.41, 5.74) is 2.32. The Labute approximate surface area is 122 Å². The first-order valence-corrected chi connectivity index (χ1v) is 6.67. The van der Waals surface area contributed by atoms with Crippen LogP contribution in [0.5, 0.6) is 5.75 Å². The quantitative estimate of drug-likeness (QED) is 0.627. The van der Waals surface area contributed by atoms with Crippen LogP contribution < -0.4 is 4.74 Å². The fourth-order valence-electron chi connectivity index (χ4n) is 2.58. The number of esters is 2. The average Bonchev–Trinajstić information content (AvgIpc) is 2.53. The molecule has 1 atom stereocenters. The number of carbonyl (C=O) groups excluding carboxylic acids is 2. The highest BCUT2D eigenvalue weighted by Gasteiger charge is 2.29. The van der Waals surface area contributed by atoms with Gasteiger partial charge in [0.05, 0.1) is 19.1 Å². The molecule has 0 radical (unpaired) electrons. The van der Waals surface area contributed by atoms with Crippen molar-refractivity contribution < 1.29 is 19.1 Å². The molecular weight excluding hydrogens is 268 g/mol. The predicted molar refractivity (Wildman–Crippen MR) is 76.3 cm³/mol. The molecule has 0 aliphatic carbocycles. The van der Waals surface area contributed by atoms with Crippen LogP contribution in [0.3, 0.4) is 0 Å². The van der Waals surface area contributed by atoms with Gasteiger partial charge in [-0.05, 0) is 23.8 Å². The Kier molecular flexibility index (Phi) is 3.44. The van der Waals surface area contributed by atoms with Gasteiger partial charge in [-0.25, -0.2) is 4.79 Å². The Bertz CT molecular complexity index is 691. The molecule has 2 aromatic rings. The molecule has 0 aromatic heterocycles. The standard InChI is InChI=1S/C17H14O4/c1-20-17(19)12-7-8-15-14(9-12)13(10-16(18)21-15)11-5-3-2-4-6-11/h2-9,13H,10H2,1H3. The zero-order valence-corrected chi connectivity index (χ0v) is 11.5. The van der Waals surface area contributed by atoms with Crippen molar-refractivity contribution >= 4 is 11.9 Å². The van der Waals surface area contributed by atoms with Crippen LogP contribution in [0.4, 0.5) is 0 Å². The summed E-state index contributed by atoms with van der Waals surface area (Å²) in [5.74, 6) is -0.261. The maximum absolute atomic E-state index is 11.8. The molecule has 2 aromatic carbocycles. The van der Waals surface area contributed by atoms with Gasteiger partial charge in [-0.3, -0.25) is 4.79 Å². The van der Waals surface area contributed by atoms with Gasteiger partial charge in [0.25, 0.3) is 0 Å². The van der Waals surface area contributed by atoms with Crippen LogP contribution >= 0.6 is 0 Å². The summed E-state index contributed by atoms with van der Waals surface area (Å²) in [5, 5.41) is 0. The molecule has 21 heavy (non-hydrogen) atoms. The van der Waals surface area contributed by atoms with Gasteiger partial charge in [-0.2, -0.15) is 0 Å². The molecule has 1 unspecified atom stereocenters. The highest BCUT2D eigenvalue weighted by Crippen LogP contribution is 2.39. The SMILES string of the molecule is COC(=O)c1ccc2c(c1)C(c1ccccc1)CC(=O)O2. The van der Waals surface area contributed by atoms with E-state index < -0.39 is 5.97 Å². The maximum Gasteiger partial charge on any atom is 0.337 e. The number of methoxy groups -OCH3 is 1. The first-order chi connectivity index (χ1) is 10.2. The van der Waals surface area contributed by atoms with Gasteiger partial charge in [-0.1, -0.05) is 30.3 Å². The van der Waals surface area contributed by atoms with E-state index in [2.05, 4.69) is 0 Å². The van der Waals surface area contributed by atoms with Crippen molar-refractivity contribution in [1.82, 2.24) is 0 Å². The molecule has 4 nitrogen and oxygen atoms in total. The first kappa shape index (κ1) is 13.4. The summed E-state index contributed by atoms with van der Waals surface area (Å²) in [6.07, 6.45) is 0.266. The van der Waals surface area contributed by atoms with Crippen LogP contribution in [0.1, 0.15) is 33.8 Å². The summed E-state index contributed by atoms with van der Waals surface area (Å²) < 4.78 is 10.0. The average molecular weight is 282 g/mol. The largest absolute Gasteiger partial charge is 0.465 e. The summed E-state index contributed by atoms with van der Waals surface area (Å²) in [4.78, 5) is 23.4. The smallest absolute Gasteiger partial charge is 0.337 e. The maximum atomic E-state index is 11.8. The molecule has 0 fully saturated rings. The van der Waals surface area contributed by atoms with Crippen LogP contribution in [-0.4, -0.2) is 19.0 Å². The number of fused-ring (bicyclic) bond motifs is 1. The van der Waals surface area contributed by atoms with E-state index in [1.54, 1.807) is 18.2 Å². The van der Waals surface area contributed by atoms with E-state index in [1.807, 2.05) is 30.3 Å². The molecule has 0 amide bonds. The molecule has 0 saturated heterocycles. The Morgan fingerprint density at radius 1 is 1.19 bits per heavy atom. The molecule has 1 aliphatic heterocycles. The molecule has 1 heterocycles. The van der Waals surface area contributed by atoms with E-state index >= 15 is 0 Å². The number of benzene rings is 2. The van der Waals surface area contributed by atoms with E-state index in [4.69, 9.17) is 9.47 Å². The number of hydrogen-bond acceptors (Lipinski definition) is 4. The number of ether oxygens (including phenoxy) is 2. The zero-order chi connectivity index (χ0) is 14.8. The third-order valence-electron chi connectivity index (χ3n) is 3.60. The molecule has 0 saturated carbocycles. The van der Waals surface area contributed by atoms with E-state index in [0.29, 0.717) is 11.3 Å². The van der Waals surface area contributed by atoms with Gasteiger partial charge < -0.3 is 9.47 Å². The summed E-state index contributed by atoms with van der Waals surface area (Å²) in [6, 6.07) is 14.7. The number of carbonyl (C=O) groups is 2. The molecule has 0 N–H and O–H groups in total. The van der Waals surface area contributed by atoms with Crippen molar-refractivity contribution in [2.24, 2.45) is 0 Å². The van der Waals surface area contributed by atoms with E-state index in [1.165, 1.54) is 7.11 Å². The molecule has 106 valence electrons. The fourth-order valence-corrected chi connectivity index (χ4v) is 2.58. The van der Waals surface area contributed by atoms with E-state index in [0.717, 1.165) is 11.1 Å². The van der Waals surface area contributed by atoms with Crippen molar-refractivity contribution in [3.63, 3.8) is 0 Å². The second kappa shape index (κ2) is 5.40. The van der Waals surface area contributed by atoms with Crippen molar-refractivity contribution in [3.05, 3.63) is 65.2 Å². The Hall–Kier alpha value is -2.62. The normalized spacial score (nSPS) is 16.8. The predicted octanol–water partition coefficient (Wildman–Crippen LogP) is 2.91. The lowest BCUT2D eigenvalue weighted by Gasteiger charge is -2.25. The van der Waals surface area contributed by atoms with Crippen molar-refractivity contribution in [2.75, 3.05) is 7.11 Å². The van der Waals surface area contributed by atoms with Gasteiger partial charge in [0.15, 0.2) is 0 Å². The third-order valence-corrected chi connectivity index (χ3v) is 3.60. The molecule has 3 rings (SSSR count). The molecule has 0 bridgehead atoms. The van der Waals surface area contributed by atoms with Crippen molar-refractivity contribution in [1.29, 1.82) is 0 Å². The van der Waals surface area contributed by atoms with Gasteiger partial charge in [-0.15, -0.1) is 0 Å². The van der Waals surface area contributed by atoms with Crippen molar-refractivity contribution in [3.8, 4) is 5.75 Å². The highest BCUT2D eigenvalue weighted by molar-refractivity contribution is 5.90. The van der Waals surface area contributed by atoms with Gasteiger partial charge in [0.1, 0.15) is 5.75 Å². The van der Waals surface area contributed by atoms with Crippen molar-refractivity contribution in [2.45, 2.75) is 12.3 Å². The van der Waals surface area contributed by atoms with Gasteiger partial charge >= 0.3 is 11.9 Å². The lowest BCUT2D eigenvalue weighted by molar-refractivity contribution is -0.135. The second-order valence-electron chi connectivity index (χ2n) is 4.89. The van der Waals surface area contributed by atoms with Crippen LogP contribution in [0.25, 0.3) is 0 Å². The third kappa shape index (κ3) is 2.52. The minimum atomic E-state index is -0.401. The lowest BCUT2D eigenvalue weighted by atomic mass is 9.85. The Morgan fingerprint density at radius 3 is 2.67 bits per heavy atom. The second-order valence-corrected chi connectivity index (χ2v) is 4.89. The minimum Gasteiger partial charge on any atom is -0.465 e. The summed E-state index contributed by atoms with van der Waals surface area (Å²) >= 11 is 0. The lowest BCUT2D eigenvalue weighted by Crippen LogP contribution is -2.21. The molecule has 1 aliphatic rings. The number of rotatable bonds is 2. The molecular formula is C17H14O4. The Morgan fingerprint density at radius 2 is 1.95 bits per heavy atom.